The lowest BCUT2D eigenvalue weighted by molar-refractivity contribution is 0.849. The Hall–Kier alpha value is -1.68. The molecule has 17 heavy (non-hydrogen) atoms. The van der Waals surface area contributed by atoms with Crippen molar-refractivity contribution in [1.29, 1.82) is 0 Å². The van der Waals surface area contributed by atoms with Crippen LogP contribution in [-0.2, 0) is 13.0 Å². The van der Waals surface area contributed by atoms with Crippen LogP contribution < -0.4 is 5.32 Å². The first-order chi connectivity index (χ1) is 8.31. The maximum absolute atomic E-state index is 5.34. The van der Waals surface area contributed by atoms with Gasteiger partial charge in [0.05, 0.1) is 0 Å². The number of hydrogen-bond donors (Lipinski definition) is 1. The zero-order valence-electron chi connectivity index (χ0n) is 9.76. The van der Waals surface area contributed by atoms with E-state index in [0.29, 0.717) is 5.11 Å². The van der Waals surface area contributed by atoms with Gasteiger partial charge in [-0.3, -0.25) is 4.57 Å². The molecule has 0 aliphatic carbocycles. The molecule has 0 unspecified atom stereocenters. The van der Waals surface area contributed by atoms with Crippen LogP contribution in [0.5, 0.6) is 0 Å². The molecular weight excluding hydrogens is 230 g/mol. The largest absolute Gasteiger partial charge is 0.358 e. The lowest BCUT2D eigenvalue weighted by atomic mass is 10.2. The zero-order valence-corrected chi connectivity index (χ0v) is 10.6. The van der Waals surface area contributed by atoms with Crippen molar-refractivity contribution >= 4 is 17.3 Å². The van der Waals surface area contributed by atoms with Crippen molar-refractivity contribution in [2.24, 2.45) is 0 Å². The molecule has 0 saturated heterocycles. The number of rotatable bonds is 3. The van der Waals surface area contributed by atoms with Gasteiger partial charge in [-0.25, -0.2) is 4.98 Å². The Morgan fingerprint density at radius 1 is 1.35 bits per heavy atom. The van der Waals surface area contributed by atoms with E-state index in [2.05, 4.69) is 29.4 Å². The summed E-state index contributed by atoms with van der Waals surface area (Å²) in [5, 5.41) is 3.93. The molecule has 3 nitrogen and oxygen atoms in total. The highest BCUT2D eigenvalue weighted by Gasteiger charge is 2.04. The van der Waals surface area contributed by atoms with E-state index in [4.69, 9.17) is 12.2 Å². The fourth-order valence-electron chi connectivity index (χ4n) is 1.64. The third kappa shape index (κ3) is 2.91. The van der Waals surface area contributed by atoms with Crippen LogP contribution in [0.1, 0.15) is 18.3 Å². The lowest BCUT2D eigenvalue weighted by Crippen LogP contribution is -2.28. The van der Waals surface area contributed by atoms with E-state index in [1.54, 1.807) is 6.20 Å². The van der Waals surface area contributed by atoms with Crippen LogP contribution in [0.25, 0.3) is 0 Å². The summed E-state index contributed by atoms with van der Waals surface area (Å²) in [7, 11) is 0. The van der Waals surface area contributed by atoms with E-state index >= 15 is 0 Å². The van der Waals surface area contributed by atoms with Crippen molar-refractivity contribution in [2.75, 3.05) is 0 Å². The van der Waals surface area contributed by atoms with Crippen molar-refractivity contribution in [3.05, 3.63) is 54.1 Å². The van der Waals surface area contributed by atoms with Gasteiger partial charge >= 0.3 is 0 Å². The number of benzene rings is 1. The molecular formula is C13H15N3S. The topological polar surface area (TPSA) is 29.9 Å². The molecule has 0 atom stereocenters. The minimum absolute atomic E-state index is 0.697. The molecule has 0 spiro atoms. The van der Waals surface area contributed by atoms with Gasteiger partial charge in [0, 0.05) is 25.4 Å². The van der Waals surface area contributed by atoms with Crippen LogP contribution in [0.2, 0.25) is 0 Å². The third-order valence-electron chi connectivity index (χ3n) is 2.54. The minimum Gasteiger partial charge on any atom is -0.358 e. The lowest BCUT2D eigenvalue weighted by Gasteiger charge is -2.10. The van der Waals surface area contributed by atoms with Gasteiger partial charge in [0.2, 0.25) is 0 Å². The summed E-state index contributed by atoms with van der Waals surface area (Å²) < 4.78 is 1.91. The molecule has 0 fully saturated rings. The predicted molar refractivity (Wildman–Crippen MR) is 72.9 cm³/mol. The fourth-order valence-corrected chi connectivity index (χ4v) is 1.88. The number of nitrogens with zero attached hydrogens (tertiary/aromatic N) is 2. The van der Waals surface area contributed by atoms with E-state index in [9.17, 15) is 0 Å². The summed E-state index contributed by atoms with van der Waals surface area (Å²) >= 11 is 5.34. The number of imidazole rings is 1. The Balaban J connectivity index is 1.98. The van der Waals surface area contributed by atoms with Crippen molar-refractivity contribution in [2.45, 2.75) is 19.9 Å². The van der Waals surface area contributed by atoms with Gasteiger partial charge in [0.25, 0.3) is 0 Å². The quantitative estimate of drug-likeness (QED) is 0.842. The van der Waals surface area contributed by atoms with Gasteiger partial charge in [-0.15, -0.1) is 0 Å². The highest BCUT2D eigenvalue weighted by atomic mass is 32.1. The van der Waals surface area contributed by atoms with Crippen LogP contribution in [0.15, 0.2) is 42.7 Å². The number of thiocarbonyl (C=S) groups is 1. The SMILES string of the molecule is CCc1nccn1C(=S)NCc1ccccc1. The molecule has 0 bridgehead atoms. The second-order valence-corrected chi connectivity index (χ2v) is 4.10. The maximum Gasteiger partial charge on any atom is 0.178 e. The molecule has 1 aromatic heterocycles. The summed E-state index contributed by atoms with van der Waals surface area (Å²) in [4.78, 5) is 4.25. The van der Waals surface area contributed by atoms with Crippen molar-refractivity contribution in [3.8, 4) is 0 Å². The van der Waals surface area contributed by atoms with Crippen LogP contribution in [0, 0.1) is 0 Å². The third-order valence-corrected chi connectivity index (χ3v) is 2.88. The molecule has 88 valence electrons. The molecule has 4 heteroatoms. The predicted octanol–water partition coefficient (Wildman–Crippen LogP) is 2.37. The first kappa shape index (κ1) is 11.8. The number of nitrogens with one attached hydrogen (secondary N) is 1. The Morgan fingerprint density at radius 3 is 2.82 bits per heavy atom. The van der Waals surface area contributed by atoms with Gasteiger partial charge in [0.15, 0.2) is 5.11 Å². The molecule has 0 saturated carbocycles. The van der Waals surface area contributed by atoms with Crippen LogP contribution in [0.4, 0.5) is 0 Å². The van der Waals surface area contributed by atoms with E-state index in [-0.39, 0.29) is 0 Å². The second kappa shape index (κ2) is 5.59. The molecule has 0 radical (unpaired) electrons. The summed E-state index contributed by atoms with van der Waals surface area (Å²) in [6.07, 6.45) is 4.54. The van der Waals surface area contributed by atoms with Crippen molar-refractivity contribution < 1.29 is 0 Å². The van der Waals surface area contributed by atoms with Gasteiger partial charge in [0.1, 0.15) is 5.82 Å². The average Bonchev–Trinajstić information content (AvgIpc) is 2.85. The van der Waals surface area contributed by atoms with E-state index < -0.39 is 0 Å². The molecule has 1 N–H and O–H groups in total. The smallest absolute Gasteiger partial charge is 0.178 e. The number of aryl methyl sites for hydroxylation is 1. The van der Waals surface area contributed by atoms with Gasteiger partial charge in [-0.2, -0.15) is 0 Å². The Morgan fingerprint density at radius 2 is 2.12 bits per heavy atom. The van der Waals surface area contributed by atoms with Crippen LogP contribution >= 0.6 is 12.2 Å². The van der Waals surface area contributed by atoms with Gasteiger partial charge < -0.3 is 5.32 Å². The van der Waals surface area contributed by atoms with Crippen LogP contribution in [0.3, 0.4) is 0 Å². The molecule has 1 heterocycles. The van der Waals surface area contributed by atoms with E-state index in [0.717, 1.165) is 18.8 Å². The highest BCUT2D eigenvalue weighted by molar-refractivity contribution is 7.80. The first-order valence-corrected chi connectivity index (χ1v) is 6.06. The van der Waals surface area contributed by atoms with Crippen LogP contribution in [-0.4, -0.2) is 14.7 Å². The summed E-state index contributed by atoms with van der Waals surface area (Å²) in [5.74, 6) is 0.982. The standard InChI is InChI=1S/C13H15N3S/c1-2-12-14-8-9-16(12)13(17)15-10-11-6-4-3-5-7-11/h3-9H,2,10H2,1H3,(H,15,17). The molecule has 0 amide bonds. The summed E-state index contributed by atoms with van der Waals surface area (Å²) in [6, 6.07) is 10.2. The maximum atomic E-state index is 5.34. The van der Waals surface area contributed by atoms with Crippen molar-refractivity contribution in [3.63, 3.8) is 0 Å². The molecule has 2 rings (SSSR count). The molecule has 0 aliphatic rings. The van der Waals surface area contributed by atoms with Gasteiger partial charge in [-0.1, -0.05) is 37.3 Å². The molecule has 2 aromatic rings. The normalized spacial score (nSPS) is 10.2. The summed E-state index contributed by atoms with van der Waals surface area (Å²) in [6.45, 7) is 2.81. The number of hydrogen-bond acceptors (Lipinski definition) is 2. The zero-order chi connectivity index (χ0) is 12.1. The minimum atomic E-state index is 0.697. The number of aromatic nitrogens is 2. The Kier molecular flexibility index (Phi) is 3.88. The monoisotopic (exact) mass is 245 g/mol. The van der Waals surface area contributed by atoms with Gasteiger partial charge in [-0.05, 0) is 17.8 Å². The first-order valence-electron chi connectivity index (χ1n) is 5.65. The fraction of sp³-hybridized carbons (Fsp3) is 0.231. The Labute approximate surface area is 106 Å². The highest BCUT2D eigenvalue weighted by Crippen LogP contribution is 2.00. The molecule has 1 aromatic carbocycles. The molecule has 0 aliphatic heterocycles. The Bertz CT molecular complexity index is 490. The second-order valence-electron chi connectivity index (χ2n) is 3.71. The summed E-state index contributed by atoms with van der Waals surface area (Å²) in [5.41, 5.74) is 1.22. The van der Waals surface area contributed by atoms with E-state index in [1.165, 1.54) is 5.56 Å². The average molecular weight is 245 g/mol. The van der Waals surface area contributed by atoms with E-state index in [1.807, 2.05) is 29.0 Å². The van der Waals surface area contributed by atoms with Crippen molar-refractivity contribution in [1.82, 2.24) is 14.9 Å².